The Morgan fingerprint density at radius 2 is 2.03 bits per heavy atom. The Labute approximate surface area is 191 Å². The Hall–Kier alpha value is -4.00. The maximum atomic E-state index is 13.0. The van der Waals surface area contributed by atoms with E-state index in [-0.39, 0.29) is 28.5 Å². The number of aromatic amines is 1. The number of carbonyl (C=O) groups is 1. The summed E-state index contributed by atoms with van der Waals surface area (Å²) in [5, 5.41) is 6.71. The van der Waals surface area contributed by atoms with E-state index >= 15 is 0 Å². The Balaban J connectivity index is 1.54. The molecule has 0 aliphatic rings. The molecule has 34 heavy (non-hydrogen) atoms. The number of alkyl halides is 3. The van der Waals surface area contributed by atoms with Crippen LogP contribution < -0.4 is 11.1 Å². The minimum atomic E-state index is -4.46. The first-order valence-corrected chi connectivity index (χ1v) is 10.1. The van der Waals surface area contributed by atoms with Gasteiger partial charge >= 0.3 is 6.18 Å². The number of nitrogens with two attached hydrogens (primary N) is 1. The van der Waals surface area contributed by atoms with Gasteiger partial charge in [0.1, 0.15) is 23.5 Å². The second kappa shape index (κ2) is 8.74. The third-order valence-corrected chi connectivity index (χ3v) is 5.02. The average Bonchev–Trinajstić information content (AvgIpc) is 3.40. The van der Waals surface area contributed by atoms with Gasteiger partial charge < -0.3 is 25.5 Å². The molecule has 0 radical (unpaired) electrons. The highest BCUT2D eigenvalue weighted by Gasteiger charge is 2.31. The molecule has 0 saturated carbocycles. The zero-order chi connectivity index (χ0) is 24.6. The molecule has 4 N–H and O–H groups in total. The van der Waals surface area contributed by atoms with Crippen LogP contribution in [0, 0.1) is 0 Å². The molecular weight excluding hydrogens is 453 g/mol. The molecule has 0 saturated heterocycles. The first kappa shape index (κ1) is 23.2. The molecule has 3 aromatic heterocycles. The second-order valence-corrected chi connectivity index (χ2v) is 7.95. The molecule has 3 heterocycles. The van der Waals surface area contributed by atoms with Crippen molar-refractivity contribution in [2.75, 3.05) is 19.8 Å². The van der Waals surface area contributed by atoms with E-state index in [1.54, 1.807) is 13.0 Å². The smallest absolute Gasteiger partial charge is 0.383 e. The summed E-state index contributed by atoms with van der Waals surface area (Å²) in [6.07, 6.45) is -3.25. The predicted molar refractivity (Wildman–Crippen MR) is 116 cm³/mol. The number of carbonyl (C=O) groups excluding carboxylic acids is 1. The Morgan fingerprint density at radius 1 is 1.26 bits per heavy atom. The molecule has 1 atom stereocenters. The number of aromatic nitrogens is 5. The molecule has 0 unspecified atom stereocenters. The summed E-state index contributed by atoms with van der Waals surface area (Å²) in [5.74, 6) is 0.289. The number of benzene rings is 1. The van der Waals surface area contributed by atoms with E-state index in [4.69, 9.17) is 10.3 Å². The molecule has 0 fully saturated rings. The van der Waals surface area contributed by atoms with Crippen LogP contribution in [0.15, 0.2) is 35.1 Å². The number of hydrogen-bond acceptors (Lipinski definition) is 8. The third-order valence-electron chi connectivity index (χ3n) is 5.02. The Bertz CT molecular complexity index is 1350. The van der Waals surface area contributed by atoms with Crippen molar-refractivity contribution in [1.29, 1.82) is 0 Å². The standard InChI is InChI=1S/C21H21F3N8O2/c1-10(28-20(33)17-12(8-32(2)3)18(25)27-9-26-17)16-7-15(31-34-16)19-29-13-5-4-11(21(22,23)24)6-14(13)30-19/h4-7,9-10H,8H2,1-3H3,(H,28,33)(H,29,30)(H2,25,26,27)/t10-/m0/s1. The SMILES string of the molecule is C[C@H](NC(=O)c1ncnc(N)c1CN(C)C)c1cc(-c2nc3ccc(C(F)(F)F)cc3[nH]2)no1. The third kappa shape index (κ3) is 4.69. The number of imidazole rings is 1. The van der Waals surface area contributed by atoms with Gasteiger partial charge in [-0.3, -0.25) is 4.79 Å². The number of fused-ring (bicyclic) bond motifs is 1. The minimum Gasteiger partial charge on any atom is -0.383 e. The molecule has 4 aromatic rings. The molecule has 13 heteroatoms. The maximum absolute atomic E-state index is 13.0. The van der Waals surface area contributed by atoms with Crippen LogP contribution in [-0.4, -0.2) is 50.0 Å². The first-order chi connectivity index (χ1) is 16.0. The number of nitrogen functional groups attached to an aromatic ring is 1. The molecule has 1 amide bonds. The van der Waals surface area contributed by atoms with Gasteiger partial charge in [0.2, 0.25) is 0 Å². The van der Waals surface area contributed by atoms with Crippen molar-refractivity contribution >= 4 is 22.8 Å². The molecule has 0 aliphatic heterocycles. The van der Waals surface area contributed by atoms with Crippen LogP contribution >= 0.6 is 0 Å². The van der Waals surface area contributed by atoms with E-state index in [0.29, 0.717) is 23.4 Å². The van der Waals surface area contributed by atoms with Gasteiger partial charge in [-0.2, -0.15) is 13.2 Å². The van der Waals surface area contributed by atoms with Gasteiger partial charge in [-0.05, 0) is 39.2 Å². The quantitative estimate of drug-likeness (QED) is 0.387. The van der Waals surface area contributed by atoms with E-state index in [0.717, 1.165) is 12.1 Å². The summed E-state index contributed by atoms with van der Waals surface area (Å²) in [5.41, 5.74) is 6.62. The second-order valence-electron chi connectivity index (χ2n) is 7.95. The van der Waals surface area contributed by atoms with E-state index < -0.39 is 23.7 Å². The molecular formula is C21H21F3N8O2. The number of anilines is 1. The van der Waals surface area contributed by atoms with Crippen molar-refractivity contribution in [2.45, 2.75) is 25.7 Å². The van der Waals surface area contributed by atoms with Crippen LogP contribution in [0.1, 0.15) is 40.3 Å². The zero-order valence-electron chi connectivity index (χ0n) is 18.4. The van der Waals surface area contributed by atoms with Crippen LogP contribution in [0.2, 0.25) is 0 Å². The van der Waals surface area contributed by atoms with E-state index in [1.807, 2.05) is 19.0 Å². The fourth-order valence-corrected chi connectivity index (χ4v) is 3.34. The molecule has 0 bridgehead atoms. The van der Waals surface area contributed by atoms with Crippen LogP contribution in [0.5, 0.6) is 0 Å². The summed E-state index contributed by atoms with van der Waals surface area (Å²) in [6.45, 7) is 2.06. The van der Waals surface area contributed by atoms with Gasteiger partial charge in [0.05, 0.1) is 22.6 Å². The van der Waals surface area contributed by atoms with Gasteiger partial charge in [-0.1, -0.05) is 5.16 Å². The summed E-state index contributed by atoms with van der Waals surface area (Å²) in [7, 11) is 3.66. The Morgan fingerprint density at radius 3 is 2.74 bits per heavy atom. The largest absolute Gasteiger partial charge is 0.416 e. The lowest BCUT2D eigenvalue weighted by Gasteiger charge is -2.16. The van der Waals surface area contributed by atoms with Crippen molar-refractivity contribution in [3.05, 3.63) is 53.2 Å². The lowest BCUT2D eigenvalue weighted by Crippen LogP contribution is -2.29. The van der Waals surface area contributed by atoms with Crippen molar-refractivity contribution in [3.63, 3.8) is 0 Å². The van der Waals surface area contributed by atoms with Gasteiger partial charge in [0.25, 0.3) is 5.91 Å². The van der Waals surface area contributed by atoms with Crippen LogP contribution in [0.25, 0.3) is 22.6 Å². The number of nitrogens with one attached hydrogen (secondary N) is 2. The van der Waals surface area contributed by atoms with Crippen LogP contribution in [-0.2, 0) is 12.7 Å². The van der Waals surface area contributed by atoms with Crippen LogP contribution in [0.4, 0.5) is 19.0 Å². The fourth-order valence-electron chi connectivity index (χ4n) is 3.34. The number of halogens is 3. The van der Waals surface area contributed by atoms with Crippen LogP contribution in [0.3, 0.4) is 0 Å². The summed E-state index contributed by atoms with van der Waals surface area (Å²) < 4.78 is 44.2. The number of amides is 1. The maximum Gasteiger partial charge on any atom is 0.416 e. The highest BCUT2D eigenvalue weighted by atomic mass is 19.4. The lowest BCUT2D eigenvalue weighted by atomic mass is 10.1. The highest BCUT2D eigenvalue weighted by molar-refractivity contribution is 5.94. The molecule has 10 nitrogen and oxygen atoms in total. The Kier molecular flexibility index (Phi) is 5.96. The normalized spacial score (nSPS) is 12.9. The summed E-state index contributed by atoms with van der Waals surface area (Å²) in [6, 6.07) is 4.17. The van der Waals surface area contributed by atoms with Gasteiger partial charge in [0, 0.05) is 18.2 Å². The molecule has 178 valence electrons. The summed E-state index contributed by atoms with van der Waals surface area (Å²) in [4.78, 5) is 29.8. The predicted octanol–water partition coefficient (Wildman–Crippen LogP) is 3.16. The average molecular weight is 474 g/mol. The lowest BCUT2D eigenvalue weighted by molar-refractivity contribution is -0.137. The minimum absolute atomic E-state index is 0.144. The monoisotopic (exact) mass is 474 g/mol. The van der Waals surface area contributed by atoms with E-state index in [1.165, 1.54) is 12.4 Å². The van der Waals surface area contributed by atoms with E-state index in [9.17, 15) is 18.0 Å². The summed E-state index contributed by atoms with van der Waals surface area (Å²) >= 11 is 0. The first-order valence-electron chi connectivity index (χ1n) is 10.1. The van der Waals surface area contributed by atoms with E-state index in [2.05, 4.69) is 30.4 Å². The van der Waals surface area contributed by atoms with Gasteiger partial charge in [-0.15, -0.1) is 0 Å². The van der Waals surface area contributed by atoms with Crippen molar-refractivity contribution in [3.8, 4) is 11.5 Å². The molecule has 4 rings (SSSR count). The molecule has 1 aromatic carbocycles. The van der Waals surface area contributed by atoms with Crippen molar-refractivity contribution in [2.24, 2.45) is 0 Å². The number of hydrogen-bond donors (Lipinski definition) is 3. The number of nitrogens with zero attached hydrogens (tertiary/aromatic N) is 5. The molecule has 0 spiro atoms. The van der Waals surface area contributed by atoms with Gasteiger partial charge in [0.15, 0.2) is 11.6 Å². The van der Waals surface area contributed by atoms with Gasteiger partial charge in [-0.25, -0.2) is 15.0 Å². The van der Waals surface area contributed by atoms with Crippen molar-refractivity contribution < 1.29 is 22.5 Å². The number of rotatable bonds is 6. The molecule has 0 aliphatic carbocycles. The highest BCUT2D eigenvalue weighted by Crippen LogP contribution is 2.32. The van der Waals surface area contributed by atoms with Crippen molar-refractivity contribution in [1.82, 2.24) is 35.3 Å². The zero-order valence-corrected chi connectivity index (χ0v) is 18.4. The fraction of sp³-hybridized carbons (Fsp3) is 0.286. The number of H-pyrrole nitrogens is 1. The topological polar surface area (TPSA) is 139 Å².